The molecule has 1 fully saturated rings. The number of amides is 2. The van der Waals surface area contributed by atoms with Crippen molar-refractivity contribution in [3.63, 3.8) is 0 Å². The molecule has 0 radical (unpaired) electrons. The summed E-state index contributed by atoms with van der Waals surface area (Å²) in [6.07, 6.45) is 0.905. The molecule has 2 heterocycles. The summed E-state index contributed by atoms with van der Waals surface area (Å²) in [6, 6.07) is 11.6. The molecule has 0 aromatic heterocycles. The Morgan fingerprint density at radius 1 is 1.06 bits per heavy atom. The number of epoxide rings is 1. The third kappa shape index (κ3) is 11.0. The van der Waals surface area contributed by atoms with E-state index in [1.165, 1.54) is 13.2 Å². The minimum absolute atomic E-state index is 0.00610. The third-order valence-corrected chi connectivity index (χ3v) is 9.20. The second-order valence-corrected chi connectivity index (χ2v) is 14.4. The molecule has 2 aliphatic heterocycles. The molecule has 2 amide bonds. The molecule has 0 unspecified atom stereocenters. The highest BCUT2D eigenvalue weighted by atomic mass is 35.5. The lowest BCUT2D eigenvalue weighted by atomic mass is 9.92. The van der Waals surface area contributed by atoms with Gasteiger partial charge in [0.1, 0.15) is 24.0 Å². The van der Waals surface area contributed by atoms with Crippen LogP contribution in [-0.4, -0.2) is 61.8 Å². The normalized spacial score (nSPS) is 24.7. The third-order valence-electron chi connectivity index (χ3n) is 8.90. The standard InChI is InChI=1S/C37H46ClN5O8/c1-21(2)16-30-35(46)49-28(22(3)32-33(51-32)25-13-10-23(11-14-25)19-41-43-39)8-7-9-31(44)42-27(18-24-12-15-29(48-6)26(38)17-24)34(45)40-20-37(4,5)36(47)50-30/h7,9-15,17,21-22,27-28,30,32-33H,8,16,18-20H2,1-6H3,(H,40,45)(H,42,44)/t22-,27+,28-,30-,32+,33+/m0/s1. The number of hydrogen-bond donors (Lipinski definition) is 2. The molecule has 4 rings (SSSR count). The fourth-order valence-electron chi connectivity index (χ4n) is 5.75. The van der Waals surface area contributed by atoms with Crippen LogP contribution >= 0.6 is 11.6 Å². The minimum Gasteiger partial charge on any atom is -0.495 e. The van der Waals surface area contributed by atoms with Crippen molar-refractivity contribution < 1.29 is 38.1 Å². The highest BCUT2D eigenvalue weighted by Crippen LogP contribution is 2.45. The van der Waals surface area contributed by atoms with Gasteiger partial charge in [0.05, 0.1) is 30.2 Å². The summed E-state index contributed by atoms with van der Waals surface area (Å²) in [4.78, 5) is 56.6. The molecule has 2 N–H and O–H groups in total. The van der Waals surface area contributed by atoms with Gasteiger partial charge in [-0.15, -0.1) is 0 Å². The SMILES string of the molecule is COc1ccc(C[C@H]2NC(=O)C=CC[C@@H]([C@H](C)[C@H]3O[C@@H]3c3ccc(CN=[N+]=[N-])cc3)OC(=O)[C@H](CC(C)C)OC(=O)C(C)(C)CNC2=O)cc1Cl. The predicted molar refractivity (Wildman–Crippen MR) is 189 cm³/mol. The van der Waals surface area contributed by atoms with E-state index in [0.717, 1.165) is 11.1 Å². The van der Waals surface area contributed by atoms with Gasteiger partial charge in [-0.3, -0.25) is 14.4 Å². The van der Waals surface area contributed by atoms with Crippen LogP contribution in [0.15, 0.2) is 59.7 Å². The van der Waals surface area contributed by atoms with Crippen LogP contribution in [0.2, 0.25) is 5.02 Å². The van der Waals surface area contributed by atoms with E-state index in [1.807, 2.05) is 45.0 Å². The van der Waals surface area contributed by atoms with Gasteiger partial charge < -0.3 is 29.6 Å². The van der Waals surface area contributed by atoms with Crippen molar-refractivity contribution in [2.24, 2.45) is 22.4 Å². The highest BCUT2D eigenvalue weighted by molar-refractivity contribution is 6.32. The quantitative estimate of drug-likeness (QED) is 0.0994. The summed E-state index contributed by atoms with van der Waals surface area (Å²) in [5, 5.41) is 9.47. The molecule has 1 saturated heterocycles. The summed E-state index contributed by atoms with van der Waals surface area (Å²) < 4.78 is 23.1. The number of esters is 2. The van der Waals surface area contributed by atoms with Crippen molar-refractivity contribution in [2.75, 3.05) is 13.7 Å². The van der Waals surface area contributed by atoms with Crippen LogP contribution in [0.5, 0.6) is 5.75 Å². The van der Waals surface area contributed by atoms with Gasteiger partial charge in [0.25, 0.3) is 0 Å². The summed E-state index contributed by atoms with van der Waals surface area (Å²) >= 11 is 6.33. The van der Waals surface area contributed by atoms with E-state index in [0.29, 0.717) is 16.3 Å². The predicted octanol–water partition coefficient (Wildman–Crippen LogP) is 5.93. The number of carbonyl (C=O) groups is 4. The molecule has 51 heavy (non-hydrogen) atoms. The van der Waals surface area contributed by atoms with Crippen LogP contribution in [0.1, 0.15) is 70.3 Å². The van der Waals surface area contributed by atoms with Gasteiger partial charge in [-0.25, -0.2) is 4.79 Å². The molecule has 0 aliphatic carbocycles. The highest BCUT2D eigenvalue weighted by Gasteiger charge is 2.48. The molecule has 13 nitrogen and oxygen atoms in total. The van der Waals surface area contributed by atoms with E-state index < -0.39 is 47.4 Å². The number of halogens is 1. The monoisotopic (exact) mass is 723 g/mol. The average molecular weight is 724 g/mol. The smallest absolute Gasteiger partial charge is 0.347 e. The molecule has 2 aromatic rings. The summed E-state index contributed by atoms with van der Waals surface area (Å²) in [5.74, 6) is -2.28. The maximum atomic E-state index is 13.7. The molecule has 2 aliphatic rings. The molecule has 0 saturated carbocycles. The lowest BCUT2D eigenvalue weighted by molar-refractivity contribution is -0.179. The van der Waals surface area contributed by atoms with E-state index >= 15 is 0 Å². The van der Waals surface area contributed by atoms with Crippen molar-refractivity contribution in [3.8, 4) is 5.75 Å². The Morgan fingerprint density at radius 3 is 2.41 bits per heavy atom. The lowest BCUT2D eigenvalue weighted by Gasteiger charge is -2.29. The molecular formula is C37H46ClN5O8. The van der Waals surface area contributed by atoms with Gasteiger partial charge in [-0.1, -0.05) is 73.9 Å². The Morgan fingerprint density at radius 2 is 1.76 bits per heavy atom. The Balaban J connectivity index is 1.59. The summed E-state index contributed by atoms with van der Waals surface area (Å²) in [6.45, 7) is 9.04. The first-order valence-corrected chi connectivity index (χ1v) is 17.3. The molecule has 274 valence electrons. The van der Waals surface area contributed by atoms with Gasteiger partial charge in [-0.2, -0.15) is 0 Å². The van der Waals surface area contributed by atoms with E-state index in [1.54, 1.807) is 38.1 Å². The average Bonchev–Trinajstić information content (AvgIpc) is 3.89. The first-order chi connectivity index (χ1) is 24.2. The second-order valence-electron chi connectivity index (χ2n) is 14.0. The number of rotatable bonds is 10. The number of cyclic esters (lactones) is 2. The number of nitrogens with zero attached hydrogens (tertiary/aromatic N) is 3. The van der Waals surface area contributed by atoms with Gasteiger partial charge in [0.15, 0.2) is 6.10 Å². The number of benzene rings is 2. The zero-order chi connectivity index (χ0) is 37.3. The van der Waals surface area contributed by atoms with Crippen molar-refractivity contribution in [1.29, 1.82) is 0 Å². The fraction of sp³-hybridized carbons (Fsp3) is 0.514. The van der Waals surface area contributed by atoms with Gasteiger partial charge in [0, 0.05) is 30.2 Å². The number of azide groups is 1. The van der Waals surface area contributed by atoms with Crippen LogP contribution in [-0.2, 0) is 46.4 Å². The Kier molecular flexibility index (Phi) is 13.5. The van der Waals surface area contributed by atoms with E-state index in [2.05, 4.69) is 20.7 Å². The maximum absolute atomic E-state index is 13.7. The lowest BCUT2D eigenvalue weighted by Crippen LogP contribution is -2.51. The van der Waals surface area contributed by atoms with Crippen molar-refractivity contribution in [2.45, 2.75) is 90.9 Å². The van der Waals surface area contributed by atoms with Crippen LogP contribution in [0.3, 0.4) is 0 Å². The van der Waals surface area contributed by atoms with Crippen molar-refractivity contribution >= 4 is 35.4 Å². The number of methoxy groups -OCH3 is 1. The van der Waals surface area contributed by atoms with Gasteiger partial charge in [-0.05, 0) is 66.6 Å². The van der Waals surface area contributed by atoms with Gasteiger partial charge in [0.2, 0.25) is 11.8 Å². The van der Waals surface area contributed by atoms with E-state index in [-0.39, 0.29) is 56.4 Å². The maximum Gasteiger partial charge on any atom is 0.347 e. The van der Waals surface area contributed by atoms with Crippen LogP contribution in [0.25, 0.3) is 10.4 Å². The zero-order valence-corrected chi connectivity index (χ0v) is 30.5. The minimum atomic E-state index is -1.22. The first-order valence-electron chi connectivity index (χ1n) is 17.0. The Bertz CT molecular complexity index is 1660. The van der Waals surface area contributed by atoms with Crippen LogP contribution in [0.4, 0.5) is 0 Å². The molecular weight excluding hydrogens is 678 g/mol. The van der Waals surface area contributed by atoms with E-state index in [4.69, 9.17) is 36.1 Å². The number of nitrogens with one attached hydrogen (secondary N) is 2. The zero-order valence-electron chi connectivity index (χ0n) is 29.8. The topological polar surface area (TPSA) is 181 Å². The van der Waals surface area contributed by atoms with Gasteiger partial charge >= 0.3 is 11.9 Å². The number of hydrogen-bond acceptors (Lipinski definition) is 9. The fourth-order valence-corrected chi connectivity index (χ4v) is 6.03. The van der Waals surface area contributed by atoms with Crippen LogP contribution in [0, 0.1) is 17.3 Å². The molecule has 0 spiro atoms. The summed E-state index contributed by atoms with van der Waals surface area (Å²) in [5.41, 5.74) is 9.84. The van der Waals surface area contributed by atoms with E-state index in [9.17, 15) is 19.2 Å². The molecule has 14 heteroatoms. The van der Waals surface area contributed by atoms with Crippen LogP contribution < -0.4 is 15.4 Å². The van der Waals surface area contributed by atoms with Crippen molar-refractivity contribution in [1.82, 2.24) is 10.6 Å². The number of ether oxygens (including phenoxy) is 4. The molecule has 0 bridgehead atoms. The Labute approximate surface area is 303 Å². The summed E-state index contributed by atoms with van der Waals surface area (Å²) in [7, 11) is 1.50. The number of carbonyl (C=O) groups excluding carboxylic acids is 4. The van der Waals surface area contributed by atoms with Crippen molar-refractivity contribution in [3.05, 3.63) is 86.8 Å². The first kappa shape index (κ1) is 39.2. The largest absolute Gasteiger partial charge is 0.495 e. The Hall–Kier alpha value is -4.58. The molecule has 2 aromatic carbocycles. The molecule has 6 atom stereocenters. The second kappa shape index (κ2) is 17.6.